The molecule has 8 heteroatoms. The van der Waals surface area contributed by atoms with Crippen LogP contribution < -0.4 is 10.6 Å². The molecule has 0 atom stereocenters. The molecule has 3 N–H and O–H groups in total. The Balaban J connectivity index is 1.75. The molecule has 1 aliphatic heterocycles. The van der Waals surface area contributed by atoms with Crippen LogP contribution in [0.4, 0.5) is 11.8 Å². The fourth-order valence-electron chi connectivity index (χ4n) is 2.44. The van der Waals surface area contributed by atoms with Gasteiger partial charge >= 0.3 is 0 Å². The number of carbonyl (C=O) groups is 1. The van der Waals surface area contributed by atoms with Gasteiger partial charge in [-0.05, 0) is 19.8 Å². The van der Waals surface area contributed by atoms with E-state index in [9.17, 15) is 4.79 Å². The summed E-state index contributed by atoms with van der Waals surface area (Å²) in [5, 5.41) is 13.8. The lowest BCUT2D eigenvalue weighted by Gasteiger charge is -2.16. The standard InChI is InChI=1S/C13H19N7O/c1-2-14-13-17-11(9-7-16-19-12(9)18-13)15-8-10(21)20-5-3-4-6-20/h7H,2-6,8H2,1H3,(H3,14,15,16,17,18,19). The lowest BCUT2D eigenvalue weighted by molar-refractivity contribution is -0.128. The number of H-pyrrole nitrogens is 1. The number of aromatic nitrogens is 4. The van der Waals surface area contributed by atoms with Crippen molar-refractivity contribution in [3.05, 3.63) is 6.20 Å². The maximum Gasteiger partial charge on any atom is 0.241 e. The Hall–Kier alpha value is -2.38. The Bertz CT molecular complexity index is 632. The number of nitrogens with one attached hydrogen (secondary N) is 3. The van der Waals surface area contributed by atoms with Crippen LogP contribution in [0, 0.1) is 0 Å². The minimum atomic E-state index is 0.104. The van der Waals surface area contributed by atoms with E-state index in [-0.39, 0.29) is 12.5 Å². The number of likely N-dealkylation sites (tertiary alicyclic amines) is 1. The van der Waals surface area contributed by atoms with Crippen LogP contribution >= 0.6 is 0 Å². The zero-order valence-corrected chi connectivity index (χ0v) is 12.0. The van der Waals surface area contributed by atoms with Gasteiger partial charge in [0.1, 0.15) is 5.82 Å². The number of nitrogens with zero attached hydrogens (tertiary/aromatic N) is 4. The first-order valence-corrected chi connectivity index (χ1v) is 7.24. The molecule has 0 bridgehead atoms. The van der Waals surface area contributed by atoms with E-state index in [0.29, 0.717) is 17.4 Å². The summed E-state index contributed by atoms with van der Waals surface area (Å²) in [5.41, 5.74) is 0.650. The van der Waals surface area contributed by atoms with Crippen molar-refractivity contribution in [3.8, 4) is 0 Å². The topological polar surface area (TPSA) is 98.8 Å². The molecule has 3 rings (SSSR count). The number of amides is 1. The highest BCUT2D eigenvalue weighted by molar-refractivity contribution is 5.89. The number of carbonyl (C=O) groups excluding carboxylic acids is 1. The summed E-state index contributed by atoms with van der Waals surface area (Å²) in [7, 11) is 0. The second kappa shape index (κ2) is 5.94. The van der Waals surface area contributed by atoms with Crippen molar-refractivity contribution < 1.29 is 4.79 Å². The van der Waals surface area contributed by atoms with Crippen LogP contribution in [0.25, 0.3) is 11.0 Å². The number of hydrogen-bond donors (Lipinski definition) is 3. The number of hydrogen-bond acceptors (Lipinski definition) is 6. The highest BCUT2D eigenvalue weighted by Gasteiger charge is 2.18. The summed E-state index contributed by atoms with van der Waals surface area (Å²) in [6, 6.07) is 0. The Morgan fingerprint density at radius 1 is 1.33 bits per heavy atom. The molecule has 1 aliphatic rings. The van der Waals surface area contributed by atoms with Crippen LogP contribution in [0.15, 0.2) is 6.20 Å². The molecule has 2 aromatic rings. The molecule has 0 unspecified atom stereocenters. The zero-order valence-electron chi connectivity index (χ0n) is 12.0. The van der Waals surface area contributed by atoms with Crippen LogP contribution in [0.3, 0.4) is 0 Å². The van der Waals surface area contributed by atoms with Gasteiger partial charge < -0.3 is 15.5 Å². The van der Waals surface area contributed by atoms with Gasteiger partial charge in [0.2, 0.25) is 11.9 Å². The number of rotatable bonds is 5. The molecule has 112 valence electrons. The monoisotopic (exact) mass is 289 g/mol. The molecule has 1 amide bonds. The second-order valence-electron chi connectivity index (χ2n) is 5.00. The summed E-state index contributed by atoms with van der Waals surface area (Å²) in [4.78, 5) is 22.7. The summed E-state index contributed by atoms with van der Waals surface area (Å²) in [6.07, 6.45) is 3.85. The average Bonchev–Trinajstić information content (AvgIpc) is 3.15. The largest absolute Gasteiger partial charge is 0.360 e. The first kappa shape index (κ1) is 13.6. The third-order valence-corrected chi connectivity index (χ3v) is 3.51. The van der Waals surface area contributed by atoms with Crippen LogP contribution in [0.1, 0.15) is 19.8 Å². The van der Waals surface area contributed by atoms with Gasteiger partial charge in [0.25, 0.3) is 0 Å². The van der Waals surface area contributed by atoms with Crippen LogP contribution in [0.5, 0.6) is 0 Å². The van der Waals surface area contributed by atoms with Gasteiger partial charge in [-0.25, -0.2) is 0 Å². The second-order valence-corrected chi connectivity index (χ2v) is 5.00. The van der Waals surface area contributed by atoms with E-state index in [1.807, 2.05) is 11.8 Å². The molecule has 3 heterocycles. The predicted molar refractivity (Wildman–Crippen MR) is 80.2 cm³/mol. The van der Waals surface area contributed by atoms with Crippen molar-refractivity contribution >= 4 is 28.7 Å². The highest BCUT2D eigenvalue weighted by Crippen LogP contribution is 2.19. The molecule has 8 nitrogen and oxygen atoms in total. The van der Waals surface area contributed by atoms with Gasteiger partial charge in [-0.15, -0.1) is 0 Å². The molecule has 1 saturated heterocycles. The van der Waals surface area contributed by atoms with Gasteiger partial charge in [0.05, 0.1) is 18.1 Å². The molecule has 2 aromatic heterocycles. The van der Waals surface area contributed by atoms with E-state index in [4.69, 9.17) is 0 Å². The minimum Gasteiger partial charge on any atom is -0.360 e. The molecule has 1 fully saturated rings. The van der Waals surface area contributed by atoms with Crippen molar-refractivity contribution in [2.75, 3.05) is 36.8 Å². The first-order valence-electron chi connectivity index (χ1n) is 7.24. The van der Waals surface area contributed by atoms with E-state index in [0.717, 1.165) is 37.9 Å². The third-order valence-electron chi connectivity index (χ3n) is 3.51. The van der Waals surface area contributed by atoms with Gasteiger partial charge in [0, 0.05) is 19.6 Å². The lowest BCUT2D eigenvalue weighted by Crippen LogP contribution is -2.33. The minimum absolute atomic E-state index is 0.104. The normalized spacial score (nSPS) is 14.6. The van der Waals surface area contributed by atoms with Crippen molar-refractivity contribution in [3.63, 3.8) is 0 Å². The van der Waals surface area contributed by atoms with Crippen LogP contribution in [-0.2, 0) is 4.79 Å². The van der Waals surface area contributed by atoms with E-state index >= 15 is 0 Å². The molecule has 0 radical (unpaired) electrons. The Morgan fingerprint density at radius 3 is 2.90 bits per heavy atom. The third kappa shape index (κ3) is 2.88. The van der Waals surface area contributed by atoms with Crippen molar-refractivity contribution in [2.24, 2.45) is 0 Å². The summed E-state index contributed by atoms with van der Waals surface area (Å²) in [6.45, 7) is 4.65. The fraction of sp³-hybridized carbons (Fsp3) is 0.538. The van der Waals surface area contributed by atoms with Crippen molar-refractivity contribution in [1.82, 2.24) is 25.1 Å². The quantitative estimate of drug-likeness (QED) is 0.753. The summed E-state index contributed by atoms with van der Waals surface area (Å²) < 4.78 is 0. The summed E-state index contributed by atoms with van der Waals surface area (Å²) >= 11 is 0. The maximum absolute atomic E-state index is 12.1. The maximum atomic E-state index is 12.1. The Morgan fingerprint density at radius 2 is 2.14 bits per heavy atom. The Labute approximate surface area is 122 Å². The van der Waals surface area contributed by atoms with Crippen LogP contribution in [0.2, 0.25) is 0 Å². The molecular weight excluding hydrogens is 270 g/mol. The average molecular weight is 289 g/mol. The zero-order chi connectivity index (χ0) is 14.7. The highest BCUT2D eigenvalue weighted by atomic mass is 16.2. The molecule has 0 aromatic carbocycles. The van der Waals surface area contributed by atoms with E-state index < -0.39 is 0 Å². The molecule has 0 spiro atoms. The van der Waals surface area contributed by atoms with Crippen molar-refractivity contribution in [2.45, 2.75) is 19.8 Å². The van der Waals surface area contributed by atoms with Gasteiger partial charge in [-0.1, -0.05) is 0 Å². The van der Waals surface area contributed by atoms with Gasteiger partial charge in [-0.3, -0.25) is 9.89 Å². The Kier molecular flexibility index (Phi) is 3.85. The number of fused-ring (bicyclic) bond motifs is 1. The van der Waals surface area contributed by atoms with E-state index in [2.05, 4.69) is 30.8 Å². The molecule has 21 heavy (non-hydrogen) atoms. The lowest BCUT2D eigenvalue weighted by atomic mass is 10.4. The molecule has 0 aliphatic carbocycles. The molecular formula is C13H19N7O. The fourth-order valence-corrected chi connectivity index (χ4v) is 2.44. The SMILES string of the molecule is CCNc1nc(NCC(=O)N2CCCC2)c2cn[nH]c2n1. The van der Waals surface area contributed by atoms with Crippen LogP contribution in [-0.4, -0.2) is 57.2 Å². The predicted octanol–water partition coefficient (Wildman–Crippen LogP) is 0.819. The van der Waals surface area contributed by atoms with E-state index in [1.54, 1.807) is 6.20 Å². The van der Waals surface area contributed by atoms with Gasteiger partial charge in [0.15, 0.2) is 5.65 Å². The smallest absolute Gasteiger partial charge is 0.241 e. The van der Waals surface area contributed by atoms with Crippen molar-refractivity contribution in [1.29, 1.82) is 0 Å². The number of anilines is 2. The summed E-state index contributed by atoms with van der Waals surface area (Å²) in [5.74, 6) is 1.25. The van der Waals surface area contributed by atoms with Gasteiger partial charge in [-0.2, -0.15) is 15.1 Å². The number of aromatic amines is 1. The molecule has 0 saturated carbocycles. The van der Waals surface area contributed by atoms with E-state index in [1.165, 1.54) is 0 Å². The first-order chi connectivity index (χ1) is 10.3.